The number of aliphatic hydroxyl groups is 1. The summed E-state index contributed by atoms with van der Waals surface area (Å²) in [6.45, 7) is 6.15. The molecule has 1 fully saturated rings. The van der Waals surface area contributed by atoms with Gasteiger partial charge in [0.2, 0.25) is 5.91 Å². The quantitative estimate of drug-likeness (QED) is 0.109. The smallest absolute Gasteiger partial charge is 0.312 e. The van der Waals surface area contributed by atoms with E-state index in [2.05, 4.69) is 5.32 Å². The van der Waals surface area contributed by atoms with E-state index in [0.29, 0.717) is 62.8 Å². The number of likely N-dealkylation sites (tertiary alicyclic amines) is 1. The van der Waals surface area contributed by atoms with Gasteiger partial charge < -0.3 is 24.8 Å². The molecule has 0 spiro atoms. The van der Waals surface area contributed by atoms with Gasteiger partial charge in [0.1, 0.15) is 0 Å². The summed E-state index contributed by atoms with van der Waals surface area (Å²) >= 11 is 0. The molecule has 2 N–H and O–H groups in total. The van der Waals surface area contributed by atoms with Crippen molar-refractivity contribution >= 4 is 23.8 Å². The number of esters is 2. The summed E-state index contributed by atoms with van der Waals surface area (Å²) in [7, 11) is 0. The Balaban J connectivity index is 1.64. The van der Waals surface area contributed by atoms with E-state index in [0.717, 1.165) is 12.8 Å². The molecule has 0 aliphatic carbocycles. The van der Waals surface area contributed by atoms with Gasteiger partial charge in [-0.05, 0) is 70.2 Å². The Morgan fingerprint density at radius 1 is 1.02 bits per heavy atom. The van der Waals surface area contributed by atoms with Gasteiger partial charge in [-0.3, -0.25) is 19.2 Å². The first-order chi connectivity index (χ1) is 22.8. The molecule has 0 aromatic heterocycles. The van der Waals surface area contributed by atoms with Crippen LogP contribution < -0.4 is 5.32 Å². The van der Waals surface area contributed by atoms with Crippen molar-refractivity contribution < 1.29 is 42.5 Å². The fourth-order valence-electron chi connectivity index (χ4n) is 5.38. The lowest BCUT2D eigenvalue weighted by atomic mass is 10.0. The van der Waals surface area contributed by atoms with Gasteiger partial charge >= 0.3 is 17.9 Å². The first-order valence-electron chi connectivity index (χ1n) is 16.7. The average molecular weight is 671 g/mol. The van der Waals surface area contributed by atoms with Gasteiger partial charge in [-0.25, -0.2) is 0 Å². The van der Waals surface area contributed by atoms with E-state index in [1.54, 1.807) is 43.9 Å². The lowest BCUT2D eigenvalue weighted by Crippen LogP contribution is -2.36. The molecule has 0 saturated carbocycles. The molecule has 2 atom stereocenters. The van der Waals surface area contributed by atoms with E-state index in [1.165, 1.54) is 48.6 Å². The number of benzene rings is 2. The molecule has 48 heavy (non-hydrogen) atoms. The van der Waals surface area contributed by atoms with Crippen LogP contribution in [0.4, 0.5) is 8.78 Å². The number of amides is 2. The second-order valence-electron chi connectivity index (χ2n) is 12.6. The third-order valence-corrected chi connectivity index (χ3v) is 8.08. The number of nitrogens with zero attached hydrogens (tertiary/aromatic N) is 1. The van der Waals surface area contributed by atoms with Crippen LogP contribution in [0.2, 0.25) is 0 Å². The van der Waals surface area contributed by atoms with Crippen molar-refractivity contribution in [3.8, 4) is 0 Å². The number of unbranched alkanes of at least 4 members (excludes halogenated alkanes) is 3. The monoisotopic (exact) mass is 670 g/mol. The zero-order valence-corrected chi connectivity index (χ0v) is 28.1. The van der Waals surface area contributed by atoms with Gasteiger partial charge in [0.15, 0.2) is 6.10 Å². The van der Waals surface area contributed by atoms with Crippen molar-refractivity contribution in [1.82, 2.24) is 10.2 Å². The summed E-state index contributed by atoms with van der Waals surface area (Å²) in [6.07, 6.45) is 5.01. The van der Waals surface area contributed by atoms with Crippen LogP contribution in [0.15, 0.2) is 66.7 Å². The summed E-state index contributed by atoms with van der Waals surface area (Å²) < 4.78 is 42.0. The average Bonchev–Trinajstić information content (AvgIpc) is 3.39. The van der Waals surface area contributed by atoms with Gasteiger partial charge in [-0.2, -0.15) is 8.78 Å². The SMILES string of the molecule is CCOC(=O)CCCCCCN1C(=O)CC[C@@H]1/C=C/[C@@H](OC(=O)Cc1ccc(C(=O)NCCC(C)(C)O)cc1)C(F)(F)c1ccccc1. The van der Waals surface area contributed by atoms with Crippen LogP contribution in [0.25, 0.3) is 0 Å². The molecule has 2 amide bonds. The molecule has 1 saturated heterocycles. The summed E-state index contributed by atoms with van der Waals surface area (Å²) in [4.78, 5) is 51.2. The zero-order chi connectivity index (χ0) is 35.2. The Morgan fingerprint density at radius 3 is 2.38 bits per heavy atom. The molecular weight excluding hydrogens is 622 g/mol. The molecule has 1 heterocycles. The molecule has 1 aliphatic heterocycles. The van der Waals surface area contributed by atoms with E-state index < -0.39 is 29.6 Å². The number of ether oxygens (including phenoxy) is 2. The Hall–Kier alpha value is -4.12. The predicted molar refractivity (Wildman–Crippen MR) is 177 cm³/mol. The molecule has 0 unspecified atom stereocenters. The predicted octanol–water partition coefficient (Wildman–Crippen LogP) is 5.88. The highest BCUT2D eigenvalue weighted by Gasteiger charge is 2.43. The maximum Gasteiger partial charge on any atom is 0.312 e. The number of halogens is 2. The first kappa shape index (κ1) is 38.3. The van der Waals surface area contributed by atoms with E-state index in [4.69, 9.17) is 9.47 Å². The van der Waals surface area contributed by atoms with Crippen LogP contribution in [0, 0.1) is 0 Å². The van der Waals surface area contributed by atoms with Crippen molar-refractivity contribution in [3.05, 3.63) is 83.4 Å². The number of nitrogens with one attached hydrogen (secondary N) is 1. The molecule has 3 rings (SSSR count). The van der Waals surface area contributed by atoms with Gasteiger partial charge in [0, 0.05) is 37.1 Å². The standard InChI is InChI=1S/C37H48F2N2O7/c1-4-47-33(43)14-10-5-6-11-25-41-30(20-22-32(41)42)19-21-31(37(38,39)29-12-8-7-9-13-29)48-34(44)26-27-15-17-28(18-16-27)35(45)40-24-23-36(2,3)46/h7-9,12-13,15-19,21,30-31,46H,4-6,10-11,14,20,22-26H2,1-3H3,(H,40,45)/b21-19+/t30-,31+/m0/s1. The Morgan fingerprint density at radius 2 is 1.71 bits per heavy atom. The number of alkyl halides is 2. The molecule has 2 aromatic carbocycles. The second-order valence-corrected chi connectivity index (χ2v) is 12.6. The molecule has 1 aliphatic rings. The Kier molecular flexibility index (Phi) is 14.7. The minimum Gasteiger partial charge on any atom is -0.466 e. The highest BCUT2D eigenvalue weighted by molar-refractivity contribution is 5.94. The van der Waals surface area contributed by atoms with Crippen molar-refractivity contribution in [2.45, 2.75) is 102 Å². The first-order valence-corrected chi connectivity index (χ1v) is 16.7. The van der Waals surface area contributed by atoms with Crippen LogP contribution in [-0.2, 0) is 36.2 Å². The van der Waals surface area contributed by atoms with Crippen LogP contribution in [0.5, 0.6) is 0 Å². The van der Waals surface area contributed by atoms with Crippen molar-refractivity contribution in [1.29, 1.82) is 0 Å². The summed E-state index contributed by atoms with van der Waals surface area (Å²) in [5.41, 5.74) is -0.390. The van der Waals surface area contributed by atoms with Gasteiger partial charge in [-0.1, -0.05) is 61.4 Å². The summed E-state index contributed by atoms with van der Waals surface area (Å²) in [6, 6.07) is 12.9. The van der Waals surface area contributed by atoms with Crippen LogP contribution in [-0.4, -0.2) is 71.2 Å². The lowest BCUT2D eigenvalue weighted by Gasteiger charge is -2.27. The van der Waals surface area contributed by atoms with E-state index in [1.807, 2.05) is 0 Å². The molecule has 262 valence electrons. The molecule has 11 heteroatoms. The normalized spacial score (nSPS) is 15.8. The summed E-state index contributed by atoms with van der Waals surface area (Å²) in [5, 5.41) is 12.5. The fraction of sp³-hybridized carbons (Fsp3) is 0.514. The molecule has 0 bridgehead atoms. The lowest BCUT2D eigenvalue weighted by molar-refractivity contribution is -0.167. The van der Waals surface area contributed by atoms with Gasteiger partial charge in [0.25, 0.3) is 5.91 Å². The Bertz CT molecular complexity index is 1370. The second kappa shape index (κ2) is 18.4. The minimum atomic E-state index is -3.55. The fourth-order valence-corrected chi connectivity index (χ4v) is 5.38. The van der Waals surface area contributed by atoms with Crippen LogP contribution in [0.3, 0.4) is 0 Å². The Labute approximate surface area is 281 Å². The molecule has 9 nitrogen and oxygen atoms in total. The van der Waals surface area contributed by atoms with Crippen molar-refractivity contribution in [2.75, 3.05) is 19.7 Å². The molecular formula is C37H48F2N2O7. The van der Waals surface area contributed by atoms with E-state index in [-0.39, 0.29) is 36.3 Å². The van der Waals surface area contributed by atoms with Crippen molar-refractivity contribution in [3.63, 3.8) is 0 Å². The largest absolute Gasteiger partial charge is 0.466 e. The third-order valence-electron chi connectivity index (χ3n) is 8.08. The van der Waals surface area contributed by atoms with E-state index >= 15 is 8.78 Å². The van der Waals surface area contributed by atoms with Crippen LogP contribution in [0.1, 0.15) is 93.6 Å². The highest BCUT2D eigenvalue weighted by atomic mass is 19.3. The van der Waals surface area contributed by atoms with Gasteiger partial charge in [0.05, 0.1) is 24.7 Å². The van der Waals surface area contributed by atoms with Gasteiger partial charge in [-0.15, -0.1) is 0 Å². The molecule has 2 aromatic rings. The number of hydrogen-bond donors (Lipinski definition) is 2. The number of rotatable bonds is 19. The number of hydrogen-bond acceptors (Lipinski definition) is 7. The maximum absolute atomic E-state index is 15.8. The van der Waals surface area contributed by atoms with E-state index in [9.17, 15) is 24.3 Å². The maximum atomic E-state index is 15.8. The van der Waals surface area contributed by atoms with Crippen molar-refractivity contribution in [2.24, 2.45) is 0 Å². The molecule has 0 radical (unpaired) electrons. The highest BCUT2D eigenvalue weighted by Crippen LogP contribution is 2.35. The summed E-state index contributed by atoms with van der Waals surface area (Å²) in [5.74, 6) is -5.05. The topological polar surface area (TPSA) is 122 Å². The number of carbonyl (C=O) groups excluding carboxylic acids is 4. The third kappa shape index (κ3) is 12.5. The number of carbonyl (C=O) groups is 4. The zero-order valence-electron chi connectivity index (χ0n) is 28.1. The minimum absolute atomic E-state index is 0.0612. The van der Waals surface area contributed by atoms with Crippen LogP contribution >= 0.6 is 0 Å².